The molecule has 4 aromatic rings. The number of thiol groups is 2. The standard InChI is InChI=1S/C19H21FN10O10P2S2/c20-6-10(39-41(34)43)4(37-17(6)30-13-8(27-28-30)15(32)23-2-22-13)1-36-42(35,44)40-12-5-9(31)11(5)38-18(12)29-3-24-7-14(29)25-19(21)26-16(7)33/h2-6,9-12,17-18,31,41H,1H2,(H,34,43)(H,35,44)(H,22,23,32)(H3,21,25,26,33)/t4-,5?,6+,9?,10-,11+,12-,17-,18-,42?/m1/s1. The molecule has 0 bridgehead atoms. The number of fused-ring (bicyclic) bond motifs is 3. The van der Waals surface area contributed by atoms with Crippen molar-refractivity contribution >= 4 is 66.8 Å². The Balaban J connectivity index is 1.11. The van der Waals surface area contributed by atoms with E-state index in [-0.39, 0.29) is 28.3 Å². The van der Waals surface area contributed by atoms with Gasteiger partial charge in [0, 0.05) is 5.92 Å². The molecule has 2 aliphatic heterocycles. The number of imidazole rings is 1. The van der Waals surface area contributed by atoms with Crippen molar-refractivity contribution in [2.75, 3.05) is 12.3 Å². The highest BCUT2D eigenvalue weighted by atomic mass is 32.7. The number of ether oxygens (including phenoxy) is 2. The van der Waals surface area contributed by atoms with Crippen LogP contribution in [0.2, 0.25) is 0 Å². The molecule has 0 amide bonds. The quantitative estimate of drug-likeness (QED) is 0.0952. The van der Waals surface area contributed by atoms with E-state index >= 15 is 4.39 Å². The molecular weight excluding hydrogens is 673 g/mol. The van der Waals surface area contributed by atoms with Gasteiger partial charge in [-0.1, -0.05) is 29.7 Å². The average Bonchev–Trinajstić information content (AvgIpc) is 3.43. The molecule has 4 aromatic heterocycles. The first kappa shape index (κ1) is 30.0. The topological polar surface area (TPSA) is 267 Å². The third kappa shape index (κ3) is 5.10. The van der Waals surface area contributed by atoms with Gasteiger partial charge in [-0.2, -0.15) is 9.67 Å². The average molecular weight is 695 g/mol. The number of anilines is 1. The number of aromatic amines is 2. The number of aliphatic hydroxyl groups is 1. The summed E-state index contributed by atoms with van der Waals surface area (Å²) in [6.07, 6.45) is -8.02. The number of nitrogens with one attached hydrogen (secondary N) is 2. The highest BCUT2D eigenvalue weighted by Crippen LogP contribution is 2.61. The van der Waals surface area contributed by atoms with Gasteiger partial charge in [-0.25, -0.2) is 18.9 Å². The van der Waals surface area contributed by atoms with E-state index in [2.05, 4.69) is 59.7 Å². The van der Waals surface area contributed by atoms with Crippen molar-refractivity contribution < 1.29 is 41.7 Å². The number of hydrogen-bond donors (Lipinski definition) is 6. The number of hydrogen-bond acceptors (Lipinski definition) is 16. The minimum absolute atomic E-state index is 0.0452. The van der Waals surface area contributed by atoms with Crippen LogP contribution in [0.3, 0.4) is 0 Å². The number of aromatic nitrogens is 9. The monoisotopic (exact) mass is 694 g/mol. The third-order valence-electron chi connectivity index (χ3n) is 7.32. The van der Waals surface area contributed by atoms with Crippen LogP contribution in [-0.2, 0) is 32.2 Å². The van der Waals surface area contributed by atoms with E-state index < -0.39 is 86.8 Å². The van der Waals surface area contributed by atoms with Gasteiger partial charge >= 0.3 is 6.80 Å². The predicted molar refractivity (Wildman–Crippen MR) is 151 cm³/mol. The van der Waals surface area contributed by atoms with Crippen molar-refractivity contribution in [3.05, 3.63) is 33.4 Å². The van der Waals surface area contributed by atoms with Crippen molar-refractivity contribution in [1.82, 2.24) is 44.5 Å². The highest BCUT2D eigenvalue weighted by molar-refractivity contribution is 8.44. The van der Waals surface area contributed by atoms with Gasteiger partial charge in [-0.15, -0.1) is 5.10 Å². The van der Waals surface area contributed by atoms with Crippen molar-refractivity contribution in [2.45, 2.75) is 49.1 Å². The normalized spacial score (nSPS) is 33.5. The molecular formula is C19H21FN10O10P2S2. The summed E-state index contributed by atoms with van der Waals surface area (Å²) in [5, 5.41) is 17.7. The van der Waals surface area contributed by atoms with Crippen molar-refractivity contribution in [3.63, 3.8) is 0 Å². The molecule has 20 nitrogen and oxygen atoms in total. The van der Waals surface area contributed by atoms with Crippen LogP contribution in [0.25, 0.3) is 22.3 Å². The molecule has 1 aliphatic carbocycles. The molecule has 0 spiro atoms. The van der Waals surface area contributed by atoms with Crippen LogP contribution in [-0.4, -0.2) is 92.9 Å². The smallest absolute Gasteiger partial charge is 0.386 e. The van der Waals surface area contributed by atoms with Crippen molar-refractivity contribution in [3.8, 4) is 0 Å². The van der Waals surface area contributed by atoms with Gasteiger partial charge in [0.05, 0.1) is 31.5 Å². The molecule has 236 valence electrons. The summed E-state index contributed by atoms with van der Waals surface area (Å²) in [5.74, 6) is -0.832. The molecule has 25 heteroatoms. The summed E-state index contributed by atoms with van der Waals surface area (Å²) in [6, 6.07) is 0. The number of rotatable bonds is 9. The van der Waals surface area contributed by atoms with E-state index in [1.54, 1.807) is 0 Å². The Morgan fingerprint density at radius 3 is 2.75 bits per heavy atom. The Labute approximate surface area is 253 Å². The lowest BCUT2D eigenvalue weighted by atomic mass is 10.1. The fourth-order valence-electron chi connectivity index (χ4n) is 5.33. The molecule has 3 fully saturated rings. The first-order valence-electron chi connectivity index (χ1n) is 12.6. The van der Waals surface area contributed by atoms with Crippen LogP contribution in [0.15, 0.2) is 22.2 Å². The van der Waals surface area contributed by atoms with Crippen LogP contribution < -0.4 is 16.9 Å². The largest absolute Gasteiger partial charge is 0.390 e. The number of H-pyrrole nitrogens is 2. The van der Waals surface area contributed by atoms with E-state index in [0.717, 1.165) is 11.0 Å². The Morgan fingerprint density at radius 1 is 1.18 bits per heavy atom. The van der Waals surface area contributed by atoms with Gasteiger partial charge in [-0.3, -0.25) is 32.8 Å². The van der Waals surface area contributed by atoms with E-state index in [1.807, 2.05) is 0 Å². The van der Waals surface area contributed by atoms with Gasteiger partial charge in [0.1, 0.15) is 18.3 Å². The molecule has 3 aliphatic rings. The van der Waals surface area contributed by atoms with E-state index in [1.165, 1.54) is 10.9 Å². The first-order valence-corrected chi connectivity index (χ1v) is 17.9. The molecule has 6 heterocycles. The zero-order valence-electron chi connectivity index (χ0n) is 21.6. The molecule has 7 rings (SSSR count). The lowest BCUT2D eigenvalue weighted by Crippen LogP contribution is -2.33. The minimum atomic E-state index is -4.34. The maximum atomic E-state index is 15.6. The molecule has 0 radical (unpaired) electrons. The highest BCUT2D eigenvalue weighted by Gasteiger charge is 2.66. The van der Waals surface area contributed by atoms with Gasteiger partial charge < -0.3 is 29.8 Å². The van der Waals surface area contributed by atoms with Crippen LogP contribution in [0.1, 0.15) is 12.5 Å². The maximum absolute atomic E-state index is 15.6. The Bertz CT molecular complexity index is 1960. The van der Waals surface area contributed by atoms with Crippen molar-refractivity contribution in [1.29, 1.82) is 0 Å². The molecule has 0 aromatic carbocycles. The number of halogens is 1. The third-order valence-corrected chi connectivity index (χ3v) is 9.72. The predicted octanol–water partition coefficient (Wildman–Crippen LogP) is -0.502. The zero-order chi connectivity index (χ0) is 31.1. The fourth-order valence-corrected chi connectivity index (χ4v) is 7.68. The van der Waals surface area contributed by atoms with Crippen LogP contribution in [0, 0.1) is 5.92 Å². The van der Waals surface area contributed by atoms with Crippen LogP contribution in [0.5, 0.6) is 0 Å². The number of nitrogen functional groups attached to an aromatic ring is 1. The molecule has 1 saturated carbocycles. The number of alkyl halides is 1. The summed E-state index contributed by atoms with van der Waals surface area (Å²) >= 11 is 7.78. The van der Waals surface area contributed by atoms with E-state index in [0.29, 0.717) is 0 Å². The minimum Gasteiger partial charge on any atom is -0.390 e. The molecule has 5 N–H and O–H groups in total. The van der Waals surface area contributed by atoms with Crippen LogP contribution in [0.4, 0.5) is 10.3 Å². The summed E-state index contributed by atoms with van der Waals surface area (Å²) < 4.78 is 71.1. The summed E-state index contributed by atoms with van der Waals surface area (Å²) in [7, 11) is -3.02. The van der Waals surface area contributed by atoms with Gasteiger partial charge in [0.2, 0.25) is 13.2 Å². The first-order chi connectivity index (χ1) is 20.9. The maximum Gasteiger partial charge on any atom is 0.386 e. The molecule has 2 saturated heterocycles. The van der Waals surface area contributed by atoms with E-state index in [4.69, 9.17) is 28.8 Å². The van der Waals surface area contributed by atoms with E-state index in [9.17, 15) is 23.8 Å². The lowest BCUT2D eigenvalue weighted by Gasteiger charge is -2.27. The molecule has 44 heavy (non-hydrogen) atoms. The summed E-state index contributed by atoms with van der Waals surface area (Å²) in [6.45, 7) is -4.99. The van der Waals surface area contributed by atoms with Gasteiger partial charge in [-0.05, 0) is 0 Å². The number of nitrogens with zero attached hydrogens (tertiary/aromatic N) is 7. The molecule has 4 unspecified atom stereocenters. The number of aliphatic hydroxyl groups excluding tert-OH is 1. The fraction of sp³-hybridized carbons (Fsp3) is 0.526. The molecule has 11 atom stereocenters. The Morgan fingerprint density at radius 2 is 1.98 bits per heavy atom. The SMILES string of the molecule is Nc1nc2c(ncn2[C@@H]2O[C@@H]3C(O)C3[C@H]2OP(=O)(S)OC[C@H]2O[C@@H](n3nnc4c(=O)[nH]cnc43)[C@@H](F)[C@@H]2O[PH](=O)S)c(=O)[nH]1. The van der Waals surface area contributed by atoms with Crippen LogP contribution >= 0.6 is 38.5 Å². The van der Waals surface area contributed by atoms with Gasteiger partial charge in [0.25, 0.3) is 11.1 Å². The number of nitrogens with two attached hydrogens (primary N) is 1. The second-order valence-electron chi connectivity index (χ2n) is 9.96. The second-order valence-corrected chi connectivity index (χ2v) is 14.7. The zero-order valence-corrected chi connectivity index (χ0v) is 25.3. The van der Waals surface area contributed by atoms with Gasteiger partial charge in [0.15, 0.2) is 41.0 Å². The summed E-state index contributed by atoms with van der Waals surface area (Å²) in [4.78, 5) is 40.9. The Hall–Kier alpha value is -2.72. The second kappa shape index (κ2) is 11.0. The lowest BCUT2D eigenvalue weighted by molar-refractivity contribution is -0.0661. The summed E-state index contributed by atoms with van der Waals surface area (Å²) in [5.41, 5.74) is 4.18. The van der Waals surface area contributed by atoms with Crippen molar-refractivity contribution in [2.24, 2.45) is 5.92 Å². The Kier molecular flexibility index (Phi) is 7.47.